The molecule has 0 aliphatic carbocycles. The lowest BCUT2D eigenvalue weighted by Crippen LogP contribution is -2.41. The summed E-state index contributed by atoms with van der Waals surface area (Å²) in [6.07, 6.45) is 2.23. The van der Waals surface area contributed by atoms with Crippen molar-refractivity contribution < 1.29 is 9.59 Å². The maximum Gasteiger partial charge on any atom is 0.321 e. The van der Waals surface area contributed by atoms with E-state index in [0.29, 0.717) is 17.2 Å². The summed E-state index contributed by atoms with van der Waals surface area (Å²) in [5.74, 6) is 0.0828. The Labute approximate surface area is 112 Å². The summed E-state index contributed by atoms with van der Waals surface area (Å²) in [6, 6.07) is 6.50. The second-order valence-electron chi connectivity index (χ2n) is 5.07. The minimum absolute atomic E-state index is 0.0848. The highest BCUT2D eigenvalue weighted by atomic mass is 16.2. The van der Waals surface area contributed by atoms with Crippen LogP contribution in [0.2, 0.25) is 0 Å². The number of anilines is 1. The molecular weight excluding hydrogens is 242 g/mol. The number of amides is 3. The van der Waals surface area contributed by atoms with E-state index in [1.807, 2.05) is 4.90 Å². The molecule has 3 amide bonds. The smallest absolute Gasteiger partial charge is 0.321 e. The van der Waals surface area contributed by atoms with Crippen LogP contribution in [-0.4, -0.2) is 29.9 Å². The highest BCUT2D eigenvalue weighted by Crippen LogP contribution is 2.17. The second-order valence-corrected chi connectivity index (χ2v) is 5.07. The van der Waals surface area contributed by atoms with Gasteiger partial charge in [-0.1, -0.05) is 6.92 Å². The number of rotatable bonds is 2. The average Bonchev–Trinajstić information content (AvgIpc) is 2.39. The zero-order valence-corrected chi connectivity index (χ0v) is 11.1. The van der Waals surface area contributed by atoms with E-state index in [1.54, 1.807) is 24.3 Å². The third-order valence-electron chi connectivity index (χ3n) is 3.36. The topological polar surface area (TPSA) is 75.4 Å². The van der Waals surface area contributed by atoms with Crippen LogP contribution in [0.5, 0.6) is 0 Å². The molecule has 2 rings (SSSR count). The summed E-state index contributed by atoms with van der Waals surface area (Å²) in [7, 11) is 0. The molecule has 1 aromatic carbocycles. The first-order valence-corrected chi connectivity index (χ1v) is 6.52. The van der Waals surface area contributed by atoms with Crippen molar-refractivity contribution in [2.75, 3.05) is 18.4 Å². The Bertz CT molecular complexity index is 470. The number of nitrogens with two attached hydrogens (primary N) is 1. The van der Waals surface area contributed by atoms with Crippen LogP contribution >= 0.6 is 0 Å². The summed E-state index contributed by atoms with van der Waals surface area (Å²) >= 11 is 0. The molecule has 0 spiro atoms. The van der Waals surface area contributed by atoms with E-state index in [-0.39, 0.29) is 6.03 Å². The Morgan fingerprint density at radius 2 is 2.00 bits per heavy atom. The molecule has 1 fully saturated rings. The van der Waals surface area contributed by atoms with Crippen LogP contribution < -0.4 is 11.1 Å². The molecule has 5 heteroatoms. The standard InChI is InChI=1S/C14H19N3O2/c1-10-3-2-8-17(9-10)14(19)16-12-6-4-11(5-7-12)13(15)18/h4-7,10H,2-3,8-9H2,1H3,(H2,15,18)(H,16,19). The maximum absolute atomic E-state index is 12.1. The van der Waals surface area contributed by atoms with Gasteiger partial charge in [-0.05, 0) is 43.0 Å². The van der Waals surface area contributed by atoms with Gasteiger partial charge in [-0.3, -0.25) is 4.79 Å². The molecule has 1 aliphatic rings. The van der Waals surface area contributed by atoms with Crippen molar-refractivity contribution in [1.29, 1.82) is 0 Å². The van der Waals surface area contributed by atoms with E-state index in [9.17, 15) is 9.59 Å². The quantitative estimate of drug-likeness (QED) is 0.855. The molecule has 1 unspecified atom stereocenters. The summed E-state index contributed by atoms with van der Waals surface area (Å²) in [6.45, 7) is 3.75. The fourth-order valence-corrected chi connectivity index (χ4v) is 2.29. The molecule has 102 valence electrons. The molecule has 3 N–H and O–H groups in total. The Balaban J connectivity index is 1.96. The lowest BCUT2D eigenvalue weighted by atomic mass is 10.0. The van der Waals surface area contributed by atoms with E-state index < -0.39 is 5.91 Å². The van der Waals surface area contributed by atoms with E-state index in [1.165, 1.54) is 6.42 Å². The van der Waals surface area contributed by atoms with Crippen molar-refractivity contribution >= 4 is 17.6 Å². The van der Waals surface area contributed by atoms with Gasteiger partial charge in [-0.15, -0.1) is 0 Å². The Morgan fingerprint density at radius 3 is 2.58 bits per heavy atom. The summed E-state index contributed by atoms with van der Waals surface area (Å²) in [5, 5.41) is 2.83. The van der Waals surface area contributed by atoms with Gasteiger partial charge >= 0.3 is 6.03 Å². The van der Waals surface area contributed by atoms with Crippen molar-refractivity contribution in [1.82, 2.24) is 4.90 Å². The predicted octanol–water partition coefficient (Wildman–Crippen LogP) is 2.05. The van der Waals surface area contributed by atoms with Crippen LogP contribution in [0.3, 0.4) is 0 Å². The number of benzene rings is 1. The highest BCUT2D eigenvalue weighted by Gasteiger charge is 2.20. The van der Waals surface area contributed by atoms with Crippen LogP contribution in [0.15, 0.2) is 24.3 Å². The Kier molecular flexibility index (Phi) is 4.04. The number of carbonyl (C=O) groups excluding carboxylic acids is 2. The molecule has 1 aromatic rings. The van der Waals surface area contributed by atoms with Crippen LogP contribution in [0.25, 0.3) is 0 Å². The van der Waals surface area contributed by atoms with Gasteiger partial charge in [0.2, 0.25) is 5.91 Å². The molecule has 1 heterocycles. The molecular formula is C14H19N3O2. The van der Waals surface area contributed by atoms with Crippen molar-refractivity contribution in [3.63, 3.8) is 0 Å². The number of nitrogens with zero attached hydrogens (tertiary/aromatic N) is 1. The number of nitrogens with one attached hydrogen (secondary N) is 1. The van der Waals surface area contributed by atoms with Gasteiger partial charge in [-0.2, -0.15) is 0 Å². The average molecular weight is 261 g/mol. The first-order chi connectivity index (χ1) is 9.06. The zero-order valence-electron chi connectivity index (χ0n) is 11.1. The summed E-state index contributed by atoms with van der Waals surface area (Å²) in [4.78, 5) is 24.8. The molecule has 1 atom stereocenters. The lowest BCUT2D eigenvalue weighted by molar-refractivity contribution is 0.100. The molecule has 5 nitrogen and oxygen atoms in total. The zero-order chi connectivity index (χ0) is 13.8. The monoisotopic (exact) mass is 261 g/mol. The van der Waals surface area contributed by atoms with Crippen molar-refractivity contribution in [2.45, 2.75) is 19.8 Å². The summed E-state index contributed by atoms with van der Waals surface area (Å²) in [5.41, 5.74) is 6.27. The number of piperidine rings is 1. The van der Waals surface area contributed by atoms with Crippen LogP contribution in [0, 0.1) is 5.92 Å². The van der Waals surface area contributed by atoms with E-state index in [2.05, 4.69) is 12.2 Å². The molecule has 1 saturated heterocycles. The lowest BCUT2D eigenvalue weighted by Gasteiger charge is -2.30. The van der Waals surface area contributed by atoms with Gasteiger partial charge in [-0.25, -0.2) is 4.79 Å². The number of carbonyl (C=O) groups is 2. The molecule has 0 saturated carbocycles. The number of hydrogen-bond acceptors (Lipinski definition) is 2. The van der Waals surface area contributed by atoms with Gasteiger partial charge in [0.25, 0.3) is 0 Å². The highest BCUT2D eigenvalue weighted by molar-refractivity contribution is 5.94. The number of hydrogen-bond donors (Lipinski definition) is 2. The maximum atomic E-state index is 12.1. The second kappa shape index (κ2) is 5.73. The van der Waals surface area contributed by atoms with Crippen molar-refractivity contribution in [2.24, 2.45) is 11.7 Å². The normalized spacial score (nSPS) is 19.0. The van der Waals surface area contributed by atoms with Crippen molar-refractivity contribution in [3.05, 3.63) is 29.8 Å². The molecule has 0 bridgehead atoms. The van der Waals surface area contributed by atoms with Gasteiger partial charge in [0.05, 0.1) is 0 Å². The first-order valence-electron chi connectivity index (χ1n) is 6.52. The SMILES string of the molecule is CC1CCCN(C(=O)Nc2ccc(C(N)=O)cc2)C1. The minimum atomic E-state index is -0.470. The van der Waals surface area contributed by atoms with Crippen LogP contribution in [0.4, 0.5) is 10.5 Å². The molecule has 0 aromatic heterocycles. The fraction of sp³-hybridized carbons (Fsp3) is 0.429. The number of primary amides is 1. The van der Waals surface area contributed by atoms with E-state index in [0.717, 1.165) is 19.5 Å². The molecule has 19 heavy (non-hydrogen) atoms. The van der Waals surface area contributed by atoms with E-state index >= 15 is 0 Å². The largest absolute Gasteiger partial charge is 0.366 e. The van der Waals surface area contributed by atoms with Crippen molar-refractivity contribution in [3.8, 4) is 0 Å². The van der Waals surface area contributed by atoms with Gasteiger partial charge < -0.3 is 16.0 Å². The predicted molar refractivity (Wildman–Crippen MR) is 73.9 cm³/mol. The van der Waals surface area contributed by atoms with E-state index in [4.69, 9.17) is 5.73 Å². The van der Waals surface area contributed by atoms with Gasteiger partial charge in [0, 0.05) is 24.3 Å². The first kappa shape index (κ1) is 13.4. The molecule has 1 aliphatic heterocycles. The Morgan fingerprint density at radius 1 is 1.32 bits per heavy atom. The number of urea groups is 1. The molecule has 0 radical (unpaired) electrons. The fourth-order valence-electron chi connectivity index (χ4n) is 2.29. The van der Waals surface area contributed by atoms with Gasteiger partial charge in [0.15, 0.2) is 0 Å². The van der Waals surface area contributed by atoms with Crippen LogP contribution in [0.1, 0.15) is 30.1 Å². The van der Waals surface area contributed by atoms with Crippen LogP contribution in [-0.2, 0) is 0 Å². The third-order valence-corrected chi connectivity index (χ3v) is 3.36. The third kappa shape index (κ3) is 3.47. The Hall–Kier alpha value is -2.04. The summed E-state index contributed by atoms with van der Waals surface area (Å²) < 4.78 is 0. The number of likely N-dealkylation sites (tertiary alicyclic amines) is 1. The minimum Gasteiger partial charge on any atom is -0.366 e. The van der Waals surface area contributed by atoms with Gasteiger partial charge in [0.1, 0.15) is 0 Å².